The SMILES string of the molecule is CC(=O)OC[C@H]1O[C@@H](Oc2n[nH]c(C(C)C)c2Cc2ccc(OCCCN)cc2C)[C@H](OC(C)=O)[C@@H](OC(C)=O)[C@H]1OC(C)=O. The molecule has 0 bridgehead atoms. The smallest absolute Gasteiger partial charge is 0.303 e. The summed E-state index contributed by atoms with van der Waals surface area (Å²) < 4.78 is 39.8. The molecule has 1 aliphatic heterocycles. The van der Waals surface area contributed by atoms with Gasteiger partial charge in [-0.2, -0.15) is 0 Å². The number of rotatable bonds is 14. The van der Waals surface area contributed by atoms with Crippen molar-refractivity contribution in [1.29, 1.82) is 0 Å². The van der Waals surface area contributed by atoms with Crippen LogP contribution in [0.1, 0.15) is 76.3 Å². The van der Waals surface area contributed by atoms with Crippen LogP contribution in [0.25, 0.3) is 0 Å². The predicted molar refractivity (Wildman–Crippen MR) is 158 cm³/mol. The Morgan fingerprint density at radius 1 is 0.956 bits per heavy atom. The zero-order valence-corrected chi connectivity index (χ0v) is 26.7. The van der Waals surface area contributed by atoms with Gasteiger partial charge in [-0.1, -0.05) is 19.9 Å². The molecule has 0 radical (unpaired) electrons. The fourth-order valence-electron chi connectivity index (χ4n) is 4.92. The standard InChI is InChI=1S/C31H43N3O11/c1-16(2)26-24(14-22-9-10-23(13-17(22)3)39-12-8-11-32)30(34-33-26)45-31-29(43-21(7)38)28(42-20(6)37)27(41-19(5)36)25(44-31)15-40-18(4)35/h9-10,13,16,25,27-29,31H,8,11-12,14-15,32H2,1-7H3,(H,33,34)/t25-,27+,28+,29-,31+/m1/s1. The van der Waals surface area contributed by atoms with E-state index >= 15 is 0 Å². The first-order valence-electron chi connectivity index (χ1n) is 14.8. The number of carbonyl (C=O) groups is 4. The zero-order chi connectivity index (χ0) is 33.3. The van der Waals surface area contributed by atoms with Crippen LogP contribution in [0.5, 0.6) is 11.6 Å². The normalized spacial score (nSPS) is 21.1. The molecule has 0 aliphatic carbocycles. The molecular formula is C31H43N3O11. The Kier molecular flexibility index (Phi) is 12.7. The summed E-state index contributed by atoms with van der Waals surface area (Å²) in [5, 5.41) is 7.44. The molecule has 1 fully saturated rings. The minimum Gasteiger partial charge on any atom is -0.494 e. The van der Waals surface area contributed by atoms with Crippen LogP contribution in [0.15, 0.2) is 18.2 Å². The summed E-state index contributed by atoms with van der Waals surface area (Å²) in [5.41, 5.74) is 9.06. The number of carbonyl (C=O) groups excluding carboxylic acids is 4. The largest absolute Gasteiger partial charge is 0.494 e. The molecule has 0 amide bonds. The molecule has 14 heteroatoms. The summed E-state index contributed by atoms with van der Waals surface area (Å²) in [5.74, 6) is -1.90. The minimum atomic E-state index is -1.41. The predicted octanol–water partition coefficient (Wildman–Crippen LogP) is 2.62. The minimum absolute atomic E-state index is 0.0272. The monoisotopic (exact) mass is 633 g/mol. The first-order chi connectivity index (χ1) is 21.3. The lowest BCUT2D eigenvalue weighted by molar-refractivity contribution is -0.289. The van der Waals surface area contributed by atoms with E-state index in [2.05, 4.69) is 10.2 Å². The van der Waals surface area contributed by atoms with Crippen molar-refractivity contribution < 1.29 is 52.3 Å². The van der Waals surface area contributed by atoms with Crippen LogP contribution in [0.2, 0.25) is 0 Å². The van der Waals surface area contributed by atoms with E-state index in [9.17, 15) is 19.2 Å². The maximum atomic E-state index is 12.2. The van der Waals surface area contributed by atoms with E-state index in [1.807, 2.05) is 39.0 Å². The highest BCUT2D eigenvalue weighted by Crippen LogP contribution is 2.34. The molecule has 14 nitrogen and oxygen atoms in total. The first kappa shape index (κ1) is 35.3. The van der Waals surface area contributed by atoms with Crippen molar-refractivity contribution in [2.75, 3.05) is 19.8 Å². The number of hydrogen-bond donors (Lipinski definition) is 2. The lowest BCUT2D eigenvalue weighted by Gasteiger charge is -2.43. The molecular weight excluding hydrogens is 590 g/mol. The Hall–Kier alpha value is -4.17. The molecule has 3 N–H and O–H groups in total. The number of esters is 4. The molecule has 2 aromatic rings. The first-order valence-corrected chi connectivity index (χ1v) is 14.8. The lowest BCUT2D eigenvalue weighted by atomic mass is 9.96. The van der Waals surface area contributed by atoms with Crippen LogP contribution >= 0.6 is 0 Å². The third kappa shape index (κ3) is 9.91. The van der Waals surface area contributed by atoms with Crippen molar-refractivity contribution in [3.63, 3.8) is 0 Å². The molecule has 0 unspecified atom stereocenters. The highest BCUT2D eigenvalue weighted by Gasteiger charge is 2.53. The summed E-state index contributed by atoms with van der Waals surface area (Å²) >= 11 is 0. The van der Waals surface area contributed by atoms with E-state index in [0.29, 0.717) is 19.6 Å². The van der Waals surface area contributed by atoms with E-state index in [1.54, 1.807) is 0 Å². The number of aromatic amines is 1. The van der Waals surface area contributed by atoms with Gasteiger partial charge in [-0.25, -0.2) is 0 Å². The van der Waals surface area contributed by atoms with Gasteiger partial charge in [0.2, 0.25) is 18.3 Å². The Balaban J connectivity index is 2.01. The van der Waals surface area contributed by atoms with Gasteiger partial charge >= 0.3 is 23.9 Å². The Morgan fingerprint density at radius 3 is 2.18 bits per heavy atom. The molecule has 1 aromatic heterocycles. The van der Waals surface area contributed by atoms with Crippen molar-refractivity contribution >= 4 is 23.9 Å². The molecule has 1 aliphatic rings. The average Bonchev–Trinajstić information content (AvgIpc) is 3.34. The quantitative estimate of drug-likeness (QED) is 0.176. The van der Waals surface area contributed by atoms with Crippen molar-refractivity contribution in [2.24, 2.45) is 5.73 Å². The number of nitrogens with one attached hydrogen (secondary N) is 1. The van der Waals surface area contributed by atoms with Gasteiger partial charge in [0.05, 0.1) is 6.61 Å². The number of nitrogens with zero attached hydrogens (tertiary/aromatic N) is 1. The second kappa shape index (κ2) is 16.2. The number of hydrogen-bond acceptors (Lipinski definition) is 13. The maximum absolute atomic E-state index is 12.2. The highest BCUT2D eigenvalue weighted by molar-refractivity contribution is 5.68. The topological polar surface area (TPSA) is 188 Å². The van der Waals surface area contributed by atoms with Gasteiger partial charge < -0.3 is 38.9 Å². The van der Waals surface area contributed by atoms with E-state index in [1.165, 1.54) is 6.92 Å². The summed E-state index contributed by atoms with van der Waals surface area (Å²) in [7, 11) is 0. The van der Waals surface area contributed by atoms with Gasteiger partial charge in [0.25, 0.3) is 0 Å². The molecule has 5 atom stereocenters. The van der Waals surface area contributed by atoms with Gasteiger partial charge in [-0.3, -0.25) is 24.3 Å². The summed E-state index contributed by atoms with van der Waals surface area (Å²) in [6.45, 7) is 11.3. The average molecular weight is 634 g/mol. The van der Waals surface area contributed by atoms with Crippen LogP contribution in [0, 0.1) is 6.92 Å². The van der Waals surface area contributed by atoms with Gasteiger partial charge in [0, 0.05) is 45.4 Å². The lowest BCUT2D eigenvalue weighted by Crippen LogP contribution is -2.63. The van der Waals surface area contributed by atoms with Crippen molar-refractivity contribution in [2.45, 2.75) is 97.9 Å². The highest BCUT2D eigenvalue weighted by atomic mass is 16.7. The summed E-state index contributed by atoms with van der Waals surface area (Å²) in [6.07, 6.45) is -5.45. The van der Waals surface area contributed by atoms with Gasteiger partial charge in [-0.15, -0.1) is 5.10 Å². The van der Waals surface area contributed by atoms with Crippen LogP contribution in [-0.2, 0) is 49.3 Å². The second-order valence-electron chi connectivity index (χ2n) is 11.0. The molecule has 0 spiro atoms. The fraction of sp³-hybridized carbons (Fsp3) is 0.581. The van der Waals surface area contributed by atoms with Gasteiger partial charge in [0.1, 0.15) is 18.5 Å². The zero-order valence-electron chi connectivity index (χ0n) is 26.7. The van der Waals surface area contributed by atoms with Crippen LogP contribution in [-0.4, -0.2) is 84.5 Å². The number of ether oxygens (including phenoxy) is 7. The van der Waals surface area contributed by atoms with Crippen LogP contribution < -0.4 is 15.2 Å². The van der Waals surface area contributed by atoms with Gasteiger partial charge in [-0.05, 0) is 49.1 Å². The number of H-pyrrole nitrogens is 1. The molecule has 45 heavy (non-hydrogen) atoms. The summed E-state index contributed by atoms with van der Waals surface area (Å²) in [6, 6.07) is 5.79. The number of nitrogens with two attached hydrogens (primary N) is 1. The third-order valence-electron chi connectivity index (χ3n) is 6.91. The van der Waals surface area contributed by atoms with E-state index in [0.717, 1.165) is 55.3 Å². The Labute approximate surface area is 262 Å². The Morgan fingerprint density at radius 2 is 1.60 bits per heavy atom. The molecule has 1 aromatic carbocycles. The maximum Gasteiger partial charge on any atom is 0.303 e. The molecule has 248 valence electrons. The molecule has 0 saturated carbocycles. The van der Waals surface area contributed by atoms with Crippen molar-refractivity contribution in [3.05, 3.63) is 40.6 Å². The van der Waals surface area contributed by atoms with Crippen LogP contribution in [0.3, 0.4) is 0 Å². The molecule has 2 heterocycles. The van der Waals surface area contributed by atoms with Crippen LogP contribution in [0.4, 0.5) is 0 Å². The van der Waals surface area contributed by atoms with E-state index < -0.39 is 54.6 Å². The second-order valence-corrected chi connectivity index (χ2v) is 11.0. The molecule has 3 rings (SSSR count). The van der Waals surface area contributed by atoms with Crippen molar-refractivity contribution in [1.82, 2.24) is 10.2 Å². The third-order valence-corrected chi connectivity index (χ3v) is 6.91. The van der Waals surface area contributed by atoms with Gasteiger partial charge in [0.15, 0.2) is 12.2 Å². The number of aromatic nitrogens is 2. The number of aryl methyl sites for hydroxylation is 1. The van der Waals surface area contributed by atoms with Crippen molar-refractivity contribution in [3.8, 4) is 11.6 Å². The summed E-state index contributed by atoms with van der Waals surface area (Å²) in [4.78, 5) is 48.1. The van der Waals surface area contributed by atoms with E-state index in [4.69, 9.17) is 38.9 Å². The molecule has 1 saturated heterocycles. The van der Waals surface area contributed by atoms with E-state index in [-0.39, 0.29) is 18.4 Å². The fourth-order valence-corrected chi connectivity index (χ4v) is 4.92. The Bertz CT molecular complexity index is 1340. The number of benzene rings is 1.